The van der Waals surface area contributed by atoms with Crippen molar-refractivity contribution in [2.24, 2.45) is 5.41 Å². The van der Waals surface area contributed by atoms with Gasteiger partial charge in [-0.1, -0.05) is 0 Å². The van der Waals surface area contributed by atoms with Crippen molar-refractivity contribution >= 4 is 12.0 Å². The summed E-state index contributed by atoms with van der Waals surface area (Å²) >= 11 is 0. The van der Waals surface area contributed by atoms with Crippen LogP contribution in [0.3, 0.4) is 0 Å². The maximum atomic E-state index is 11.4. The summed E-state index contributed by atoms with van der Waals surface area (Å²) in [5.41, 5.74) is -1.85. The lowest BCUT2D eigenvalue weighted by atomic mass is 9.74. The molecule has 0 unspecified atom stereocenters. The van der Waals surface area contributed by atoms with Crippen LogP contribution >= 0.6 is 0 Å². The van der Waals surface area contributed by atoms with Gasteiger partial charge in [-0.3, -0.25) is 4.79 Å². The first-order valence-electron chi connectivity index (χ1n) is 4.75. The van der Waals surface area contributed by atoms with E-state index in [-0.39, 0.29) is 6.03 Å². The Bertz CT molecular complexity index is 270. The minimum atomic E-state index is -1.03. The summed E-state index contributed by atoms with van der Waals surface area (Å²) in [7, 11) is 3.22. The largest absolute Gasteiger partial charge is 0.481 e. The topological polar surface area (TPSA) is 69.6 Å². The molecule has 0 aliphatic carbocycles. The van der Waals surface area contributed by atoms with Gasteiger partial charge in [-0.15, -0.1) is 0 Å². The molecular formula is C10H20N2O3. The highest BCUT2D eigenvalue weighted by atomic mass is 16.4. The first-order valence-corrected chi connectivity index (χ1v) is 4.75. The number of carboxylic acid groups (broad SMARTS) is 1. The van der Waals surface area contributed by atoms with Gasteiger partial charge in [0.15, 0.2) is 0 Å². The Labute approximate surface area is 90.5 Å². The molecule has 0 atom stereocenters. The van der Waals surface area contributed by atoms with Crippen molar-refractivity contribution in [2.45, 2.75) is 33.2 Å². The number of amides is 2. The second-order valence-corrected chi connectivity index (χ2v) is 4.88. The summed E-state index contributed by atoms with van der Waals surface area (Å²) < 4.78 is 0. The van der Waals surface area contributed by atoms with Crippen LogP contribution in [0.15, 0.2) is 0 Å². The molecule has 0 rings (SSSR count). The molecule has 0 spiro atoms. The van der Waals surface area contributed by atoms with Gasteiger partial charge >= 0.3 is 12.0 Å². The van der Waals surface area contributed by atoms with Crippen molar-refractivity contribution in [3.8, 4) is 0 Å². The van der Waals surface area contributed by atoms with Crippen LogP contribution in [0.2, 0.25) is 0 Å². The van der Waals surface area contributed by atoms with Crippen LogP contribution in [0.25, 0.3) is 0 Å². The van der Waals surface area contributed by atoms with E-state index in [1.54, 1.807) is 41.8 Å². The number of hydrogen-bond acceptors (Lipinski definition) is 2. The Morgan fingerprint density at radius 1 is 1.13 bits per heavy atom. The maximum absolute atomic E-state index is 11.4. The van der Waals surface area contributed by atoms with E-state index in [4.69, 9.17) is 5.11 Å². The average Bonchev–Trinajstić information content (AvgIpc) is 2.02. The second-order valence-electron chi connectivity index (χ2n) is 4.88. The lowest BCUT2D eigenvalue weighted by Gasteiger charge is -2.39. The highest BCUT2D eigenvalue weighted by Crippen LogP contribution is 2.30. The monoisotopic (exact) mass is 216 g/mol. The minimum Gasteiger partial charge on any atom is -0.481 e. The zero-order chi connectivity index (χ0) is 12.4. The summed E-state index contributed by atoms with van der Waals surface area (Å²) in [6, 6.07) is -0.297. The number of carboxylic acids is 1. The fraction of sp³-hybridized carbons (Fsp3) is 0.800. The molecule has 0 bridgehead atoms. The zero-order valence-corrected chi connectivity index (χ0v) is 10.2. The van der Waals surface area contributed by atoms with Gasteiger partial charge in [-0.25, -0.2) is 4.79 Å². The molecule has 2 N–H and O–H groups in total. The van der Waals surface area contributed by atoms with Gasteiger partial charge in [-0.05, 0) is 27.7 Å². The minimum absolute atomic E-state index is 0.297. The summed E-state index contributed by atoms with van der Waals surface area (Å²) in [4.78, 5) is 23.9. The normalized spacial score (nSPS) is 12.1. The van der Waals surface area contributed by atoms with Crippen LogP contribution < -0.4 is 5.32 Å². The van der Waals surface area contributed by atoms with E-state index >= 15 is 0 Å². The van der Waals surface area contributed by atoms with Crippen LogP contribution in [0.1, 0.15) is 27.7 Å². The highest BCUT2D eigenvalue weighted by Gasteiger charge is 2.44. The molecule has 0 radical (unpaired) electrons. The number of urea groups is 1. The van der Waals surface area contributed by atoms with Gasteiger partial charge in [0.25, 0.3) is 0 Å². The van der Waals surface area contributed by atoms with Gasteiger partial charge in [-0.2, -0.15) is 0 Å². The molecule has 0 aliphatic heterocycles. The Morgan fingerprint density at radius 3 is 1.80 bits per heavy atom. The lowest BCUT2D eigenvalue weighted by Crippen LogP contribution is -2.58. The number of rotatable bonds is 3. The molecule has 0 aromatic carbocycles. The van der Waals surface area contributed by atoms with E-state index in [9.17, 15) is 9.59 Å². The van der Waals surface area contributed by atoms with Gasteiger partial charge in [0.05, 0.1) is 11.0 Å². The summed E-state index contributed by atoms with van der Waals surface area (Å²) in [5.74, 6) is -0.938. The number of aliphatic carboxylic acids is 1. The number of nitrogens with one attached hydrogen (secondary N) is 1. The zero-order valence-electron chi connectivity index (χ0n) is 10.2. The Balaban J connectivity index is 4.83. The molecule has 5 nitrogen and oxygen atoms in total. The molecule has 0 saturated heterocycles. The number of hydrogen-bond donors (Lipinski definition) is 2. The third kappa shape index (κ3) is 2.84. The lowest BCUT2D eigenvalue weighted by molar-refractivity contribution is -0.150. The van der Waals surface area contributed by atoms with Crippen LogP contribution in [-0.2, 0) is 4.79 Å². The molecule has 0 aromatic rings. The van der Waals surface area contributed by atoms with Crippen molar-refractivity contribution < 1.29 is 14.7 Å². The maximum Gasteiger partial charge on any atom is 0.317 e. The average molecular weight is 216 g/mol. The van der Waals surface area contributed by atoms with E-state index in [1.807, 2.05) is 0 Å². The van der Waals surface area contributed by atoms with Crippen LogP contribution in [0.5, 0.6) is 0 Å². The number of carbonyl (C=O) groups excluding carboxylic acids is 1. The third-order valence-electron chi connectivity index (χ3n) is 2.92. The van der Waals surface area contributed by atoms with E-state index in [0.717, 1.165) is 0 Å². The van der Waals surface area contributed by atoms with Gasteiger partial charge in [0, 0.05) is 14.1 Å². The SMILES string of the molecule is CN(C)C(=O)NC(C)(C)C(C)(C)C(=O)O. The third-order valence-corrected chi connectivity index (χ3v) is 2.92. The summed E-state index contributed by atoms with van der Waals surface area (Å²) in [6.07, 6.45) is 0. The predicted molar refractivity (Wildman–Crippen MR) is 57.7 cm³/mol. The molecule has 0 saturated carbocycles. The first kappa shape index (κ1) is 13.7. The molecule has 15 heavy (non-hydrogen) atoms. The Morgan fingerprint density at radius 2 is 1.53 bits per heavy atom. The smallest absolute Gasteiger partial charge is 0.317 e. The summed E-state index contributed by atoms with van der Waals surface area (Å²) in [5, 5.41) is 11.7. The van der Waals surface area contributed by atoms with Crippen LogP contribution in [-0.4, -0.2) is 41.6 Å². The molecule has 0 fully saturated rings. The van der Waals surface area contributed by atoms with E-state index in [0.29, 0.717) is 0 Å². The van der Waals surface area contributed by atoms with Crippen molar-refractivity contribution in [2.75, 3.05) is 14.1 Å². The quantitative estimate of drug-likeness (QED) is 0.743. The van der Waals surface area contributed by atoms with Crippen molar-refractivity contribution in [3.05, 3.63) is 0 Å². The van der Waals surface area contributed by atoms with E-state index in [2.05, 4.69) is 5.32 Å². The number of carbonyl (C=O) groups is 2. The summed E-state index contributed by atoms with van der Waals surface area (Å²) in [6.45, 7) is 6.57. The predicted octanol–water partition coefficient (Wildman–Crippen LogP) is 1.15. The van der Waals surface area contributed by atoms with Gasteiger partial charge in [0.2, 0.25) is 0 Å². The number of nitrogens with zero attached hydrogens (tertiary/aromatic N) is 1. The van der Waals surface area contributed by atoms with Gasteiger partial charge in [0.1, 0.15) is 0 Å². The van der Waals surface area contributed by atoms with Crippen molar-refractivity contribution in [1.29, 1.82) is 0 Å². The molecular weight excluding hydrogens is 196 g/mol. The van der Waals surface area contributed by atoms with E-state index in [1.165, 1.54) is 4.90 Å². The fourth-order valence-corrected chi connectivity index (χ4v) is 0.803. The van der Waals surface area contributed by atoms with Crippen LogP contribution in [0.4, 0.5) is 4.79 Å². The molecule has 0 heterocycles. The standard InChI is InChI=1S/C10H20N2O3/c1-9(2,7(13)14)10(3,4)11-8(15)12(5)6/h1-6H3,(H,11,15)(H,13,14). The molecule has 0 aliphatic rings. The Hall–Kier alpha value is -1.26. The first-order chi connectivity index (χ1) is 6.52. The highest BCUT2D eigenvalue weighted by molar-refractivity contribution is 5.79. The van der Waals surface area contributed by atoms with Crippen molar-refractivity contribution in [3.63, 3.8) is 0 Å². The van der Waals surface area contributed by atoms with E-state index < -0.39 is 16.9 Å². The molecule has 88 valence electrons. The Kier molecular flexibility index (Phi) is 3.74. The molecule has 5 heteroatoms. The fourth-order valence-electron chi connectivity index (χ4n) is 0.803. The molecule has 0 aromatic heterocycles. The van der Waals surface area contributed by atoms with Crippen LogP contribution in [0, 0.1) is 5.41 Å². The van der Waals surface area contributed by atoms with Gasteiger partial charge < -0.3 is 15.3 Å². The second kappa shape index (κ2) is 4.08. The molecule has 2 amide bonds. The van der Waals surface area contributed by atoms with Crippen molar-refractivity contribution in [1.82, 2.24) is 10.2 Å².